The van der Waals surface area contributed by atoms with Gasteiger partial charge in [-0.3, -0.25) is 14.5 Å². The number of hydrogen-bond donors (Lipinski definition) is 1. The number of anilines is 2. The summed E-state index contributed by atoms with van der Waals surface area (Å²) in [5.41, 5.74) is 3.87. The van der Waals surface area contributed by atoms with Gasteiger partial charge in [0.25, 0.3) is 5.91 Å². The molecule has 0 saturated carbocycles. The van der Waals surface area contributed by atoms with Crippen LogP contribution in [0, 0.1) is 25.2 Å². The molecule has 0 aromatic heterocycles. The van der Waals surface area contributed by atoms with Gasteiger partial charge >= 0.3 is 0 Å². The first-order valence-electron chi connectivity index (χ1n) is 10.7. The van der Waals surface area contributed by atoms with E-state index in [0.29, 0.717) is 27.8 Å². The molecule has 170 valence electrons. The van der Waals surface area contributed by atoms with E-state index in [4.69, 9.17) is 11.6 Å². The Morgan fingerprint density at radius 3 is 2.41 bits per heavy atom. The lowest BCUT2D eigenvalue weighted by Crippen LogP contribution is -2.31. The van der Waals surface area contributed by atoms with Gasteiger partial charge in [-0.25, -0.2) is 0 Å². The molecule has 1 N–H and O–H groups in total. The number of nitrogens with zero attached hydrogens (tertiary/aromatic N) is 2. The van der Waals surface area contributed by atoms with Crippen LogP contribution < -0.4 is 10.2 Å². The minimum Gasteiger partial charge on any atom is -0.321 e. The zero-order valence-electron chi connectivity index (χ0n) is 18.7. The number of rotatable bonds is 5. The van der Waals surface area contributed by atoms with E-state index in [1.165, 1.54) is 16.7 Å². The fourth-order valence-electron chi connectivity index (χ4n) is 3.71. The van der Waals surface area contributed by atoms with Gasteiger partial charge in [0.2, 0.25) is 5.91 Å². The Labute approximate surface area is 208 Å². The maximum absolute atomic E-state index is 13.6. The maximum Gasteiger partial charge on any atom is 0.269 e. The van der Waals surface area contributed by atoms with Crippen LogP contribution in [0.25, 0.3) is 0 Å². The molecule has 1 aliphatic rings. The van der Waals surface area contributed by atoms with Gasteiger partial charge in [0, 0.05) is 10.7 Å². The summed E-state index contributed by atoms with van der Waals surface area (Å²) >= 11 is 7.57. The first kappa shape index (κ1) is 23.6. The monoisotopic (exact) mass is 487 g/mol. The molecular formula is C27H22ClN3O2S. The van der Waals surface area contributed by atoms with E-state index in [9.17, 15) is 14.9 Å². The second kappa shape index (κ2) is 10.2. The lowest BCUT2D eigenvalue weighted by atomic mass is 10.1. The maximum atomic E-state index is 13.6. The molecule has 1 unspecified atom stereocenters. The SMILES string of the molecule is Cc1ccc(NC(=O)C(C#N)=C2SC(Cc3ccccc3Cl)C(=O)N2c2ccccc2C)cc1. The van der Waals surface area contributed by atoms with Crippen molar-refractivity contribution in [1.29, 1.82) is 5.26 Å². The number of carbonyl (C=O) groups is 2. The van der Waals surface area contributed by atoms with Crippen LogP contribution in [0.15, 0.2) is 83.4 Å². The molecule has 7 heteroatoms. The van der Waals surface area contributed by atoms with Crippen molar-refractivity contribution in [3.05, 3.63) is 105 Å². The summed E-state index contributed by atoms with van der Waals surface area (Å²) < 4.78 is 0. The zero-order chi connectivity index (χ0) is 24.2. The fraction of sp³-hybridized carbons (Fsp3) is 0.148. The van der Waals surface area contributed by atoms with Gasteiger partial charge in [0.15, 0.2) is 0 Å². The third-order valence-corrected chi connectivity index (χ3v) is 7.17. The highest BCUT2D eigenvalue weighted by Gasteiger charge is 2.41. The number of amides is 2. The molecule has 1 saturated heterocycles. The average molecular weight is 488 g/mol. The molecule has 4 rings (SSSR count). The van der Waals surface area contributed by atoms with Crippen LogP contribution in [-0.4, -0.2) is 17.1 Å². The Morgan fingerprint density at radius 1 is 1.06 bits per heavy atom. The molecular weight excluding hydrogens is 466 g/mol. The molecule has 1 heterocycles. The van der Waals surface area contributed by atoms with Gasteiger partial charge in [0.1, 0.15) is 16.7 Å². The van der Waals surface area contributed by atoms with E-state index >= 15 is 0 Å². The number of halogens is 1. The topological polar surface area (TPSA) is 73.2 Å². The van der Waals surface area contributed by atoms with E-state index in [0.717, 1.165) is 16.7 Å². The van der Waals surface area contributed by atoms with Gasteiger partial charge in [-0.1, -0.05) is 77.5 Å². The first-order valence-corrected chi connectivity index (χ1v) is 12.0. The Hall–Kier alpha value is -3.53. The number of para-hydroxylation sites is 1. The Balaban J connectivity index is 1.75. The molecule has 2 amide bonds. The summed E-state index contributed by atoms with van der Waals surface area (Å²) in [4.78, 5) is 28.2. The third-order valence-electron chi connectivity index (χ3n) is 5.53. The van der Waals surface area contributed by atoms with Crippen molar-refractivity contribution >= 4 is 46.6 Å². The second-order valence-electron chi connectivity index (χ2n) is 7.97. The van der Waals surface area contributed by atoms with Crippen molar-refractivity contribution < 1.29 is 9.59 Å². The van der Waals surface area contributed by atoms with Crippen LogP contribution in [-0.2, 0) is 16.0 Å². The predicted octanol–water partition coefficient (Wildman–Crippen LogP) is 6.02. The molecule has 1 aliphatic heterocycles. The molecule has 1 fully saturated rings. The van der Waals surface area contributed by atoms with Gasteiger partial charge in [0.05, 0.1) is 10.9 Å². The summed E-state index contributed by atoms with van der Waals surface area (Å²) in [6.45, 7) is 3.85. The molecule has 0 radical (unpaired) electrons. The van der Waals surface area contributed by atoms with Crippen molar-refractivity contribution in [1.82, 2.24) is 0 Å². The highest BCUT2D eigenvalue weighted by molar-refractivity contribution is 8.05. The highest BCUT2D eigenvalue weighted by atomic mass is 35.5. The number of thioether (sulfide) groups is 1. The summed E-state index contributed by atoms with van der Waals surface area (Å²) in [5, 5.41) is 13.1. The van der Waals surface area contributed by atoms with Gasteiger partial charge in [-0.05, 0) is 55.7 Å². The molecule has 0 bridgehead atoms. The van der Waals surface area contributed by atoms with Gasteiger partial charge in [-0.2, -0.15) is 5.26 Å². The molecule has 34 heavy (non-hydrogen) atoms. The Kier molecular flexibility index (Phi) is 7.06. The Morgan fingerprint density at radius 2 is 1.74 bits per heavy atom. The number of nitrogens with one attached hydrogen (secondary N) is 1. The van der Waals surface area contributed by atoms with E-state index in [1.807, 2.05) is 74.5 Å². The lowest BCUT2D eigenvalue weighted by molar-refractivity contribution is -0.117. The van der Waals surface area contributed by atoms with E-state index in [-0.39, 0.29) is 11.5 Å². The quantitative estimate of drug-likeness (QED) is 0.352. The smallest absolute Gasteiger partial charge is 0.269 e. The second-order valence-corrected chi connectivity index (χ2v) is 9.57. The van der Waals surface area contributed by atoms with E-state index < -0.39 is 11.2 Å². The van der Waals surface area contributed by atoms with Crippen molar-refractivity contribution in [3.63, 3.8) is 0 Å². The first-order chi connectivity index (χ1) is 16.4. The van der Waals surface area contributed by atoms with Crippen molar-refractivity contribution in [2.24, 2.45) is 0 Å². The fourth-order valence-corrected chi connectivity index (χ4v) is 5.22. The van der Waals surface area contributed by atoms with Gasteiger partial charge < -0.3 is 5.32 Å². The molecule has 3 aromatic rings. The number of nitriles is 1. The van der Waals surface area contributed by atoms with Crippen LogP contribution in [0.3, 0.4) is 0 Å². The third kappa shape index (κ3) is 4.86. The van der Waals surface area contributed by atoms with Crippen molar-refractivity contribution in [3.8, 4) is 6.07 Å². The molecule has 3 aromatic carbocycles. The molecule has 0 aliphatic carbocycles. The predicted molar refractivity (Wildman–Crippen MR) is 138 cm³/mol. The standard InChI is InChI=1S/C27H22ClN3O2S/c1-17-11-13-20(14-12-17)30-25(32)21(16-29)27-31(23-10-6-3-7-18(23)2)26(33)24(34-27)15-19-8-4-5-9-22(19)28/h3-14,24H,15H2,1-2H3,(H,30,32). The minimum absolute atomic E-state index is 0.108. The van der Waals surface area contributed by atoms with Crippen LogP contribution in [0.2, 0.25) is 5.02 Å². The average Bonchev–Trinajstić information content (AvgIpc) is 3.13. The van der Waals surface area contributed by atoms with Crippen molar-refractivity contribution in [2.75, 3.05) is 10.2 Å². The summed E-state index contributed by atoms with van der Waals surface area (Å²) in [5.74, 6) is -0.747. The summed E-state index contributed by atoms with van der Waals surface area (Å²) in [6.07, 6.45) is 0.382. The summed E-state index contributed by atoms with van der Waals surface area (Å²) in [6, 6.07) is 24.1. The van der Waals surface area contributed by atoms with Crippen LogP contribution >= 0.6 is 23.4 Å². The Bertz CT molecular complexity index is 1330. The number of aryl methyl sites for hydroxylation is 2. The lowest BCUT2D eigenvalue weighted by Gasteiger charge is -2.20. The van der Waals surface area contributed by atoms with E-state index in [2.05, 4.69) is 5.32 Å². The number of benzene rings is 3. The van der Waals surface area contributed by atoms with Crippen LogP contribution in [0.5, 0.6) is 0 Å². The summed E-state index contributed by atoms with van der Waals surface area (Å²) in [7, 11) is 0. The van der Waals surface area contributed by atoms with Crippen LogP contribution in [0.1, 0.15) is 16.7 Å². The van der Waals surface area contributed by atoms with Crippen molar-refractivity contribution in [2.45, 2.75) is 25.5 Å². The number of hydrogen-bond acceptors (Lipinski definition) is 4. The molecule has 0 spiro atoms. The largest absolute Gasteiger partial charge is 0.321 e. The molecule has 1 atom stereocenters. The highest BCUT2D eigenvalue weighted by Crippen LogP contribution is 2.43. The molecule has 5 nitrogen and oxygen atoms in total. The normalized spacial score (nSPS) is 16.8. The zero-order valence-corrected chi connectivity index (χ0v) is 20.3. The van der Waals surface area contributed by atoms with Crippen LogP contribution in [0.4, 0.5) is 11.4 Å². The number of carbonyl (C=O) groups excluding carboxylic acids is 2. The van der Waals surface area contributed by atoms with E-state index in [1.54, 1.807) is 18.2 Å². The van der Waals surface area contributed by atoms with Gasteiger partial charge in [-0.15, -0.1) is 0 Å². The minimum atomic E-state index is -0.557.